The van der Waals surface area contributed by atoms with E-state index in [2.05, 4.69) is 0 Å². The Morgan fingerprint density at radius 2 is 2.33 bits per heavy atom. The number of benzene rings is 1. The first-order valence-corrected chi connectivity index (χ1v) is 4.61. The maximum absolute atomic E-state index is 10.3. The number of nitro groups is 1. The van der Waals surface area contributed by atoms with Crippen LogP contribution in [0.1, 0.15) is 5.56 Å². The van der Waals surface area contributed by atoms with Crippen molar-refractivity contribution in [2.75, 3.05) is 7.11 Å². The fourth-order valence-electron chi connectivity index (χ4n) is 1.11. The molecule has 0 aliphatic carbocycles. The molecule has 0 radical (unpaired) electrons. The highest BCUT2D eigenvalue weighted by atomic mass is 35.5. The van der Waals surface area contributed by atoms with Crippen LogP contribution in [0.25, 0.3) is 0 Å². The Balaban J connectivity index is 2.88. The van der Waals surface area contributed by atoms with Crippen molar-refractivity contribution >= 4 is 11.6 Å². The molecular weight excluding hydrogens is 222 g/mol. The first-order valence-electron chi connectivity index (χ1n) is 4.18. The van der Waals surface area contributed by atoms with E-state index < -0.39 is 10.4 Å². The lowest BCUT2D eigenvalue weighted by Crippen LogP contribution is -2.14. The third-order valence-corrected chi connectivity index (χ3v) is 2.22. The summed E-state index contributed by atoms with van der Waals surface area (Å²) >= 11 is 5.47. The minimum atomic E-state index is -1.25. The molecule has 6 heteroatoms. The van der Waals surface area contributed by atoms with Gasteiger partial charge < -0.3 is 9.84 Å². The summed E-state index contributed by atoms with van der Waals surface area (Å²) in [5.74, 6) is 0.498. The van der Waals surface area contributed by atoms with Crippen LogP contribution >= 0.6 is 11.6 Å². The van der Waals surface area contributed by atoms with Crippen molar-refractivity contribution in [3.05, 3.63) is 33.9 Å². The van der Waals surface area contributed by atoms with Gasteiger partial charge in [0.25, 0.3) is 5.50 Å². The van der Waals surface area contributed by atoms with Gasteiger partial charge in [-0.3, -0.25) is 10.1 Å². The average Bonchev–Trinajstić information content (AvgIpc) is 2.21. The predicted molar refractivity (Wildman–Crippen MR) is 55.0 cm³/mol. The normalized spacial score (nSPS) is 12.1. The molecule has 1 aromatic rings. The minimum absolute atomic E-state index is 0.0247. The van der Waals surface area contributed by atoms with Crippen LogP contribution in [0.4, 0.5) is 0 Å². The first-order chi connectivity index (χ1) is 7.04. The van der Waals surface area contributed by atoms with Crippen LogP contribution < -0.4 is 4.74 Å². The van der Waals surface area contributed by atoms with E-state index >= 15 is 0 Å². The first kappa shape index (κ1) is 11.6. The summed E-state index contributed by atoms with van der Waals surface area (Å²) in [5, 5.41) is 19.8. The van der Waals surface area contributed by atoms with Gasteiger partial charge in [-0.2, -0.15) is 0 Å². The lowest BCUT2D eigenvalue weighted by atomic mass is 10.1. The van der Waals surface area contributed by atoms with Crippen molar-refractivity contribution in [1.29, 1.82) is 0 Å². The van der Waals surface area contributed by atoms with Crippen LogP contribution in [0, 0.1) is 10.1 Å². The summed E-state index contributed by atoms with van der Waals surface area (Å²) in [6.45, 7) is 0. The Labute approximate surface area is 91.4 Å². The zero-order valence-corrected chi connectivity index (χ0v) is 8.77. The SMILES string of the molecule is COc1ccc(O)c(CC(Cl)[N+](=O)[O-])c1. The standard InChI is InChI=1S/C9H10ClNO4/c1-15-7-2-3-8(12)6(4-7)5-9(10)11(13)14/h2-4,9,12H,5H2,1H3. The van der Waals surface area contributed by atoms with Gasteiger partial charge in [-0.1, -0.05) is 0 Å². The zero-order valence-electron chi connectivity index (χ0n) is 8.01. The van der Waals surface area contributed by atoms with Crippen LogP contribution in [0.3, 0.4) is 0 Å². The number of hydrogen-bond donors (Lipinski definition) is 1. The van der Waals surface area contributed by atoms with E-state index in [1.165, 1.54) is 19.2 Å². The van der Waals surface area contributed by atoms with Crippen LogP contribution in [-0.4, -0.2) is 22.6 Å². The molecule has 5 nitrogen and oxygen atoms in total. The van der Waals surface area contributed by atoms with Crippen LogP contribution in [0.5, 0.6) is 11.5 Å². The largest absolute Gasteiger partial charge is 0.508 e. The summed E-state index contributed by atoms with van der Waals surface area (Å²) in [6, 6.07) is 4.50. The summed E-state index contributed by atoms with van der Waals surface area (Å²) in [6.07, 6.45) is -0.0441. The molecule has 0 saturated heterocycles. The average molecular weight is 232 g/mol. The van der Waals surface area contributed by atoms with Gasteiger partial charge in [0.1, 0.15) is 11.5 Å². The molecule has 0 heterocycles. The van der Waals surface area contributed by atoms with E-state index in [9.17, 15) is 15.2 Å². The number of ether oxygens (including phenoxy) is 1. The van der Waals surface area contributed by atoms with Crippen LogP contribution in [0.2, 0.25) is 0 Å². The van der Waals surface area contributed by atoms with Gasteiger partial charge in [-0.25, -0.2) is 0 Å². The molecule has 1 unspecified atom stereocenters. The number of aromatic hydroxyl groups is 1. The van der Waals surface area contributed by atoms with Crippen molar-refractivity contribution in [3.63, 3.8) is 0 Å². The highest BCUT2D eigenvalue weighted by molar-refractivity contribution is 6.19. The number of nitrogens with zero attached hydrogens (tertiary/aromatic N) is 1. The van der Waals surface area contributed by atoms with Crippen molar-refractivity contribution in [2.24, 2.45) is 0 Å². The third kappa shape index (κ3) is 2.99. The Hall–Kier alpha value is -1.49. The molecular formula is C9H10ClNO4. The molecule has 0 bridgehead atoms. The number of methoxy groups -OCH3 is 1. The third-order valence-electron chi connectivity index (χ3n) is 1.90. The summed E-state index contributed by atoms with van der Waals surface area (Å²) in [5.41, 5.74) is -0.853. The maximum Gasteiger partial charge on any atom is 0.290 e. The highest BCUT2D eigenvalue weighted by Crippen LogP contribution is 2.25. The summed E-state index contributed by atoms with van der Waals surface area (Å²) < 4.78 is 4.93. The fraction of sp³-hybridized carbons (Fsp3) is 0.333. The highest BCUT2D eigenvalue weighted by Gasteiger charge is 2.18. The number of phenolic OH excluding ortho intramolecular Hbond substituents is 1. The Bertz CT molecular complexity index is 369. The second kappa shape index (κ2) is 4.84. The molecule has 1 rings (SSSR count). The van der Waals surface area contributed by atoms with Gasteiger partial charge in [-0.15, -0.1) is 0 Å². The zero-order chi connectivity index (χ0) is 11.4. The lowest BCUT2D eigenvalue weighted by Gasteiger charge is -2.07. The molecule has 0 aromatic heterocycles. The van der Waals surface area contributed by atoms with Gasteiger partial charge in [-0.05, 0) is 29.8 Å². The van der Waals surface area contributed by atoms with Crippen molar-refractivity contribution in [1.82, 2.24) is 0 Å². The molecule has 1 atom stereocenters. The molecule has 1 aromatic carbocycles. The topological polar surface area (TPSA) is 72.6 Å². The van der Waals surface area contributed by atoms with Gasteiger partial charge >= 0.3 is 0 Å². The van der Waals surface area contributed by atoms with Crippen LogP contribution in [0.15, 0.2) is 18.2 Å². The molecule has 0 spiro atoms. The molecule has 0 aliphatic rings. The molecule has 0 aliphatic heterocycles. The Morgan fingerprint density at radius 3 is 2.87 bits per heavy atom. The fourth-order valence-corrected chi connectivity index (χ4v) is 1.27. The van der Waals surface area contributed by atoms with E-state index in [-0.39, 0.29) is 12.2 Å². The number of phenols is 1. The van der Waals surface area contributed by atoms with E-state index in [1.54, 1.807) is 6.07 Å². The van der Waals surface area contributed by atoms with E-state index in [1.807, 2.05) is 0 Å². The minimum Gasteiger partial charge on any atom is -0.508 e. The molecule has 0 amide bonds. The second-order valence-electron chi connectivity index (χ2n) is 2.92. The quantitative estimate of drug-likeness (QED) is 0.371. The molecule has 82 valence electrons. The van der Waals surface area contributed by atoms with Gasteiger partial charge in [0.05, 0.1) is 13.5 Å². The van der Waals surface area contributed by atoms with Gasteiger partial charge in [0, 0.05) is 10.5 Å². The van der Waals surface area contributed by atoms with E-state index in [0.717, 1.165) is 0 Å². The Morgan fingerprint density at radius 1 is 1.67 bits per heavy atom. The summed E-state index contributed by atoms with van der Waals surface area (Å²) in [4.78, 5) is 9.72. The molecule has 0 saturated carbocycles. The molecule has 0 fully saturated rings. The smallest absolute Gasteiger partial charge is 0.290 e. The number of halogens is 1. The van der Waals surface area contributed by atoms with Crippen molar-refractivity contribution in [2.45, 2.75) is 11.9 Å². The number of rotatable bonds is 4. The maximum atomic E-state index is 10.3. The molecule has 1 N–H and O–H groups in total. The predicted octanol–water partition coefficient (Wildman–Crippen LogP) is 1.78. The summed E-state index contributed by atoms with van der Waals surface area (Å²) in [7, 11) is 1.47. The van der Waals surface area contributed by atoms with Crippen LogP contribution in [-0.2, 0) is 6.42 Å². The van der Waals surface area contributed by atoms with Gasteiger partial charge in [0.15, 0.2) is 0 Å². The number of hydrogen-bond acceptors (Lipinski definition) is 4. The van der Waals surface area contributed by atoms with E-state index in [4.69, 9.17) is 16.3 Å². The second-order valence-corrected chi connectivity index (χ2v) is 3.42. The van der Waals surface area contributed by atoms with Crippen molar-refractivity contribution < 1.29 is 14.8 Å². The lowest BCUT2D eigenvalue weighted by molar-refractivity contribution is -0.497. The van der Waals surface area contributed by atoms with Crippen molar-refractivity contribution in [3.8, 4) is 11.5 Å². The Kier molecular flexibility index (Phi) is 3.74. The van der Waals surface area contributed by atoms with E-state index in [0.29, 0.717) is 11.3 Å². The monoisotopic (exact) mass is 231 g/mol. The number of alkyl halides is 1. The van der Waals surface area contributed by atoms with Gasteiger partial charge in [0.2, 0.25) is 0 Å². The molecule has 15 heavy (non-hydrogen) atoms.